The molecule has 1 amide bonds. The van der Waals surface area contributed by atoms with Gasteiger partial charge in [-0.3, -0.25) is 4.79 Å². The van der Waals surface area contributed by atoms with E-state index in [1.165, 1.54) is 0 Å². The maximum absolute atomic E-state index is 12.4. The SMILES string of the molecule is O=C(Nc1ccc(OC2CCOC2)cc1)C1CC12CCNCC2. The summed E-state index contributed by atoms with van der Waals surface area (Å²) in [4.78, 5) is 12.4. The van der Waals surface area contributed by atoms with Crippen LogP contribution < -0.4 is 15.4 Å². The Balaban J connectivity index is 1.31. The number of piperidine rings is 1. The van der Waals surface area contributed by atoms with Crippen molar-refractivity contribution in [2.45, 2.75) is 31.8 Å². The smallest absolute Gasteiger partial charge is 0.228 e. The van der Waals surface area contributed by atoms with Crippen LogP contribution in [0, 0.1) is 11.3 Å². The summed E-state index contributed by atoms with van der Waals surface area (Å²) in [7, 11) is 0. The van der Waals surface area contributed by atoms with Crippen LogP contribution in [0.5, 0.6) is 5.75 Å². The number of anilines is 1. The zero-order valence-corrected chi connectivity index (χ0v) is 13.3. The fourth-order valence-corrected chi connectivity index (χ4v) is 3.84. The van der Waals surface area contributed by atoms with Crippen molar-refractivity contribution in [3.05, 3.63) is 24.3 Å². The Labute approximate surface area is 136 Å². The molecule has 0 bridgehead atoms. The van der Waals surface area contributed by atoms with Gasteiger partial charge in [-0.2, -0.15) is 0 Å². The lowest BCUT2D eigenvalue weighted by atomic mass is 9.92. The molecule has 1 saturated carbocycles. The molecule has 4 rings (SSSR count). The molecule has 2 unspecified atom stereocenters. The summed E-state index contributed by atoms with van der Waals surface area (Å²) < 4.78 is 11.1. The molecule has 0 radical (unpaired) electrons. The molecule has 23 heavy (non-hydrogen) atoms. The van der Waals surface area contributed by atoms with Crippen LogP contribution in [0.3, 0.4) is 0 Å². The van der Waals surface area contributed by atoms with Gasteiger partial charge in [0.05, 0.1) is 13.2 Å². The van der Waals surface area contributed by atoms with E-state index < -0.39 is 0 Å². The van der Waals surface area contributed by atoms with E-state index in [9.17, 15) is 4.79 Å². The zero-order chi connectivity index (χ0) is 15.7. The minimum absolute atomic E-state index is 0.154. The molecule has 5 heteroatoms. The Bertz CT molecular complexity index is 560. The molecule has 1 spiro atoms. The average Bonchev–Trinajstić information content (AvgIpc) is 3.02. The molecular formula is C18H24N2O3. The van der Waals surface area contributed by atoms with Gasteiger partial charge in [0.25, 0.3) is 0 Å². The van der Waals surface area contributed by atoms with Crippen LogP contribution in [-0.2, 0) is 9.53 Å². The molecule has 124 valence electrons. The van der Waals surface area contributed by atoms with E-state index in [2.05, 4.69) is 10.6 Å². The second-order valence-electron chi connectivity index (χ2n) is 6.99. The van der Waals surface area contributed by atoms with E-state index in [-0.39, 0.29) is 23.3 Å². The van der Waals surface area contributed by atoms with E-state index in [1.807, 2.05) is 24.3 Å². The van der Waals surface area contributed by atoms with Crippen LogP contribution in [0.25, 0.3) is 0 Å². The van der Waals surface area contributed by atoms with E-state index in [1.54, 1.807) is 0 Å². The quantitative estimate of drug-likeness (QED) is 0.894. The van der Waals surface area contributed by atoms with Crippen molar-refractivity contribution in [3.63, 3.8) is 0 Å². The van der Waals surface area contributed by atoms with Crippen molar-refractivity contribution in [1.29, 1.82) is 0 Å². The second kappa shape index (κ2) is 6.13. The summed E-state index contributed by atoms with van der Waals surface area (Å²) in [5, 5.41) is 6.43. The lowest BCUT2D eigenvalue weighted by Gasteiger charge is -2.23. The number of hydrogen-bond donors (Lipinski definition) is 2. The molecule has 0 aromatic heterocycles. The standard InChI is InChI=1S/C18H24N2O3/c21-17(16-11-18(16)6-8-19-9-7-18)20-13-1-3-14(4-2-13)23-15-5-10-22-12-15/h1-4,15-16,19H,5-12H2,(H,20,21). The maximum atomic E-state index is 12.4. The summed E-state index contributed by atoms with van der Waals surface area (Å²) in [6.45, 7) is 3.52. The highest BCUT2D eigenvalue weighted by atomic mass is 16.5. The molecule has 3 aliphatic rings. The molecule has 3 fully saturated rings. The third-order valence-corrected chi connectivity index (χ3v) is 5.42. The van der Waals surface area contributed by atoms with Crippen molar-refractivity contribution in [2.24, 2.45) is 11.3 Å². The van der Waals surface area contributed by atoms with Gasteiger partial charge in [-0.15, -0.1) is 0 Å². The normalized spacial score (nSPS) is 28.5. The number of carbonyl (C=O) groups excluding carboxylic acids is 1. The minimum Gasteiger partial charge on any atom is -0.488 e. The van der Waals surface area contributed by atoms with Gasteiger partial charge < -0.3 is 20.1 Å². The predicted octanol–water partition coefficient (Wildman–Crippen LogP) is 2.18. The third-order valence-electron chi connectivity index (χ3n) is 5.42. The molecule has 2 saturated heterocycles. The van der Waals surface area contributed by atoms with Gasteiger partial charge in [-0.25, -0.2) is 0 Å². The first kappa shape index (κ1) is 15.0. The number of rotatable bonds is 4. The minimum atomic E-state index is 0.154. The molecular weight excluding hydrogens is 292 g/mol. The Morgan fingerprint density at radius 3 is 2.74 bits per heavy atom. The van der Waals surface area contributed by atoms with Gasteiger partial charge in [0.1, 0.15) is 11.9 Å². The van der Waals surface area contributed by atoms with Crippen LogP contribution in [-0.4, -0.2) is 38.3 Å². The van der Waals surface area contributed by atoms with E-state index in [0.29, 0.717) is 6.61 Å². The Kier molecular flexibility index (Phi) is 3.99. The summed E-state index contributed by atoms with van der Waals surface area (Å²) in [6.07, 6.45) is 4.39. The first-order valence-corrected chi connectivity index (χ1v) is 8.61. The summed E-state index contributed by atoms with van der Waals surface area (Å²) in [5.74, 6) is 1.20. The van der Waals surface area contributed by atoms with Crippen molar-refractivity contribution >= 4 is 11.6 Å². The summed E-state index contributed by atoms with van der Waals surface area (Å²) in [5.41, 5.74) is 1.13. The first-order valence-electron chi connectivity index (χ1n) is 8.61. The van der Waals surface area contributed by atoms with Crippen LogP contribution in [0.15, 0.2) is 24.3 Å². The average molecular weight is 316 g/mol. The lowest BCUT2D eigenvalue weighted by molar-refractivity contribution is -0.118. The van der Waals surface area contributed by atoms with Gasteiger partial charge >= 0.3 is 0 Å². The first-order chi connectivity index (χ1) is 11.3. The van der Waals surface area contributed by atoms with Crippen molar-refractivity contribution in [3.8, 4) is 5.75 Å². The Hall–Kier alpha value is -1.59. The van der Waals surface area contributed by atoms with Gasteiger partial charge in [0.2, 0.25) is 5.91 Å². The van der Waals surface area contributed by atoms with Crippen LogP contribution >= 0.6 is 0 Å². The Morgan fingerprint density at radius 1 is 1.26 bits per heavy atom. The second-order valence-corrected chi connectivity index (χ2v) is 6.99. The van der Waals surface area contributed by atoms with Crippen LogP contribution in [0.2, 0.25) is 0 Å². The molecule has 2 heterocycles. The predicted molar refractivity (Wildman–Crippen MR) is 87.6 cm³/mol. The number of benzene rings is 1. The van der Waals surface area contributed by atoms with Gasteiger partial charge in [-0.1, -0.05) is 0 Å². The van der Waals surface area contributed by atoms with E-state index in [0.717, 1.165) is 56.8 Å². The zero-order valence-electron chi connectivity index (χ0n) is 13.3. The lowest BCUT2D eigenvalue weighted by Crippen LogP contribution is -2.31. The highest BCUT2D eigenvalue weighted by Gasteiger charge is 2.57. The number of carbonyl (C=O) groups is 1. The topological polar surface area (TPSA) is 59.6 Å². The Morgan fingerprint density at radius 2 is 2.04 bits per heavy atom. The monoisotopic (exact) mass is 316 g/mol. The fraction of sp³-hybridized carbons (Fsp3) is 0.611. The van der Waals surface area contributed by atoms with Crippen LogP contribution in [0.4, 0.5) is 5.69 Å². The van der Waals surface area contributed by atoms with E-state index >= 15 is 0 Å². The van der Waals surface area contributed by atoms with Gasteiger partial charge in [0, 0.05) is 18.0 Å². The summed E-state index contributed by atoms with van der Waals surface area (Å²) >= 11 is 0. The number of nitrogens with one attached hydrogen (secondary N) is 2. The fourth-order valence-electron chi connectivity index (χ4n) is 3.84. The van der Waals surface area contributed by atoms with E-state index in [4.69, 9.17) is 9.47 Å². The molecule has 2 N–H and O–H groups in total. The van der Waals surface area contributed by atoms with Crippen molar-refractivity contribution in [2.75, 3.05) is 31.6 Å². The number of ether oxygens (including phenoxy) is 2. The molecule has 5 nitrogen and oxygen atoms in total. The largest absolute Gasteiger partial charge is 0.488 e. The highest BCUT2D eigenvalue weighted by Crippen LogP contribution is 2.58. The van der Waals surface area contributed by atoms with Gasteiger partial charge in [0.15, 0.2) is 0 Å². The summed E-state index contributed by atoms with van der Waals surface area (Å²) in [6, 6.07) is 7.67. The molecule has 1 aromatic carbocycles. The maximum Gasteiger partial charge on any atom is 0.228 e. The number of amides is 1. The molecule has 1 aliphatic carbocycles. The molecule has 2 atom stereocenters. The highest BCUT2D eigenvalue weighted by molar-refractivity contribution is 5.95. The molecule has 1 aromatic rings. The van der Waals surface area contributed by atoms with Crippen molar-refractivity contribution < 1.29 is 14.3 Å². The van der Waals surface area contributed by atoms with Crippen molar-refractivity contribution in [1.82, 2.24) is 5.32 Å². The van der Waals surface area contributed by atoms with Gasteiger partial charge in [-0.05, 0) is 62.0 Å². The third kappa shape index (κ3) is 3.21. The molecule has 2 aliphatic heterocycles. The number of hydrogen-bond acceptors (Lipinski definition) is 4. The van der Waals surface area contributed by atoms with Crippen LogP contribution in [0.1, 0.15) is 25.7 Å².